The summed E-state index contributed by atoms with van der Waals surface area (Å²) in [6.45, 7) is 2.34. The first kappa shape index (κ1) is 18.0. The molecule has 0 aliphatic heterocycles. The van der Waals surface area contributed by atoms with Gasteiger partial charge in [0, 0.05) is 5.92 Å². The molecular weight excluding hydrogens is 268 g/mol. The molecule has 0 heterocycles. The lowest BCUT2D eigenvalue weighted by molar-refractivity contribution is -0.112. The Morgan fingerprint density at radius 1 is 0.773 bits per heavy atom. The molecule has 1 heteroatoms. The number of carbonyl (C=O) groups excluding carboxylic acids is 1. The largest absolute Gasteiger partial charge is 0.303 e. The fourth-order valence-electron chi connectivity index (χ4n) is 4.99. The van der Waals surface area contributed by atoms with E-state index in [2.05, 4.69) is 6.92 Å². The van der Waals surface area contributed by atoms with Crippen LogP contribution in [0.15, 0.2) is 0 Å². The van der Waals surface area contributed by atoms with E-state index >= 15 is 0 Å². The summed E-state index contributed by atoms with van der Waals surface area (Å²) in [5.74, 6) is 3.42. The topological polar surface area (TPSA) is 17.1 Å². The molecule has 2 fully saturated rings. The van der Waals surface area contributed by atoms with Crippen LogP contribution in [0, 0.1) is 23.7 Å². The van der Waals surface area contributed by atoms with E-state index in [4.69, 9.17) is 0 Å². The predicted octanol–water partition coefficient (Wildman–Crippen LogP) is 6.55. The Labute approximate surface area is 138 Å². The van der Waals surface area contributed by atoms with Crippen molar-refractivity contribution in [2.24, 2.45) is 23.7 Å². The molecule has 2 aliphatic rings. The van der Waals surface area contributed by atoms with Gasteiger partial charge in [-0.05, 0) is 49.9 Å². The number of unbranched alkanes of at least 4 members (excludes halogenated alkanes) is 2. The first-order chi connectivity index (χ1) is 10.8. The van der Waals surface area contributed by atoms with Gasteiger partial charge in [0.15, 0.2) is 0 Å². The van der Waals surface area contributed by atoms with Crippen LogP contribution in [-0.4, -0.2) is 6.29 Å². The molecule has 128 valence electrons. The monoisotopic (exact) mass is 306 g/mol. The molecule has 0 amide bonds. The van der Waals surface area contributed by atoms with E-state index in [-0.39, 0.29) is 0 Å². The van der Waals surface area contributed by atoms with Crippen LogP contribution in [0.25, 0.3) is 0 Å². The Balaban J connectivity index is 1.48. The molecule has 2 rings (SSSR count). The quantitative estimate of drug-likeness (QED) is 0.349. The zero-order valence-electron chi connectivity index (χ0n) is 14.9. The molecule has 22 heavy (non-hydrogen) atoms. The Hall–Kier alpha value is -0.330. The molecule has 0 aromatic heterocycles. The van der Waals surface area contributed by atoms with Crippen molar-refractivity contribution in [1.82, 2.24) is 0 Å². The first-order valence-electron chi connectivity index (χ1n) is 10.3. The van der Waals surface area contributed by atoms with Crippen LogP contribution in [0.4, 0.5) is 0 Å². The minimum absolute atomic E-state index is 0.388. The van der Waals surface area contributed by atoms with Gasteiger partial charge in [-0.25, -0.2) is 0 Å². The van der Waals surface area contributed by atoms with Gasteiger partial charge in [-0.2, -0.15) is 0 Å². The van der Waals surface area contributed by atoms with E-state index in [1.54, 1.807) is 0 Å². The molecular formula is C21H38O. The van der Waals surface area contributed by atoms with Gasteiger partial charge in [0.1, 0.15) is 6.29 Å². The zero-order chi connectivity index (χ0) is 15.6. The van der Waals surface area contributed by atoms with Gasteiger partial charge in [0.2, 0.25) is 0 Å². The van der Waals surface area contributed by atoms with Crippen LogP contribution in [0.2, 0.25) is 0 Å². The standard InChI is InChI=1S/C21H38O/c1-2-7-19-10-6-11-20(16-19)9-5-3-4-8-18-12-14-21(17-22)15-13-18/h17-21H,2-16H2,1H3. The van der Waals surface area contributed by atoms with Crippen LogP contribution in [0.1, 0.15) is 103 Å². The summed E-state index contributed by atoms with van der Waals surface area (Å²) in [7, 11) is 0. The maximum Gasteiger partial charge on any atom is 0.123 e. The lowest BCUT2D eigenvalue weighted by Gasteiger charge is -2.29. The third kappa shape index (κ3) is 6.42. The molecule has 0 aromatic carbocycles. The van der Waals surface area contributed by atoms with E-state index in [1.807, 2.05) is 0 Å². The van der Waals surface area contributed by atoms with Gasteiger partial charge in [-0.1, -0.05) is 71.1 Å². The van der Waals surface area contributed by atoms with E-state index < -0.39 is 0 Å². The molecule has 0 radical (unpaired) electrons. The van der Waals surface area contributed by atoms with Crippen molar-refractivity contribution in [1.29, 1.82) is 0 Å². The SMILES string of the molecule is CCCC1CCCC(CCCCCC2CCC(C=O)CC2)C1. The van der Waals surface area contributed by atoms with Crippen molar-refractivity contribution < 1.29 is 4.79 Å². The van der Waals surface area contributed by atoms with Crippen molar-refractivity contribution in [3.63, 3.8) is 0 Å². The molecule has 0 spiro atoms. The van der Waals surface area contributed by atoms with E-state index in [0.29, 0.717) is 5.92 Å². The van der Waals surface area contributed by atoms with Crippen molar-refractivity contribution in [3.05, 3.63) is 0 Å². The summed E-state index contributed by atoms with van der Waals surface area (Å²) >= 11 is 0. The lowest BCUT2D eigenvalue weighted by Crippen LogP contribution is -2.16. The van der Waals surface area contributed by atoms with Gasteiger partial charge in [-0.15, -0.1) is 0 Å². The Morgan fingerprint density at radius 3 is 2.05 bits per heavy atom. The molecule has 0 bridgehead atoms. The van der Waals surface area contributed by atoms with Crippen molar-refractivity contribution >= 4 is 6.29 Å². The minimum atomic E-state index is 0.388. The molecule has 2 unspecified atom stereocenters. The number of rotatable bonds is 9. The maximum absolute atomic E-state index is 10.8. The number of carbonyl (C=O) groups is 1. The zero-order valence-corrected chi connectivity index (χ0v) is 14.9. The molecule has 1 nitrogen and oxygen atoms in total. The molecule has 0 N–H and O–H groups in total. The first-order valence-corrected chi connectivity index (χ1v) is 10.3. The van der Waals surface area contributed by atoms with Gasteiger partial charge in [0.05, 0.1) is 0 Å². The summed E-state index contributed by atoms with van der Waals surface area (Å²) in [6.07, 6.45) is 22.3. The van der Waals surface area contributed by atoms with Gasteiger partial charge >= 0.3 is 0 Å². The van der Waals surface area contributed by atoms with Crippen LogP contribution >= 0.6 is 0 Å². The van der Waals surface area contributed by atoms with Crippen LogP contribution in [0.3, 0.4) is 0 Å². The second kappa shape index (κ2) is 10.4. The second-order valence-electron chi connectivity index (χ2n) is 8.24. The highest BCUT2D eigenvalue weighted by atomic mass is 16.1. The van der Waals surface area contributed by atoms with E-state index in [9.17, 15) is 4.79 Å². The number of hydrogen-bond donors (Lipinski definition) is 0. The fraction of sp³-hybridized carbons (Fsp3) is 0.952. The maximum atomic E-state index is 10.8. The number of aldehydes is 1. The van der Waals surface area contributed by atoms with Crippen molar-refractivity contribution in [2.45, 2.75) is 103 Å². The second-order valence-corrected chi connectivity index (χ2v) is 8.24. The van der Waals surface area contributed by atoms with Gasteiger partial charge in [-0.3, -0.25) is 0 Å². The normalized spacial score (nSPS) is 32.8. The average Bonchev–Trinajstić information content (AvgIpc) is 2.56. The smallest absolute Gasteiger partial charge is 0.123 e. The highest BCUT2D eigenvalue weighted by Crippen LogP contribution is 2.35. The number of hydrogen-bond acceptors (Lipinski definition) is 1. The molecule has 2 aliphatic carbocycles. The molecule has 2 atom stereocenters. The van der Waals surface area contributed by atoms with Crippen LogP contribution < -0.4 is 0 Å². The van der Waals surface area contributed by atoms with Crippen molar-refractivity contribution in [3.8, 4) is 0 Å². The molecule has 0 saturated heterocycles. The van der Waals surface area contributed by atoms with Crippen LogP contribution in [-0.2, 0) is 4.79 Å². The summed E-state index contributed by atoms with van der Waals surface area (Å²) < 4.78 is 0. The van der Waals surface area contributed by atoms with Gasteiger partial charge in [0.25, 0.3) is 0 Å². The Bertz CT molecular complexity index is 288. The average molecular weight is 307 g/mol. The molecule has 2 saturated carbocycles. The highest BCUT2D eigenvalue weighted by Gasteiger charge is 2.22. The molecule has 0 aromatic rings. The lowest BCUT2D eigenvalue weighted by atomic mass is 9.77. The summed E-state index contributed by atoms with van der Waals surface area (Å²) in [5.41, 5.74) is 0. The van der Waals surface area contributed by atoms with E-state index in [0.717, 1.165) is 30.6 Å². The van der Waals surface area contributed by atoms with E-state index in [1.165, 1.54) is 89.8 Å². The Morgan fingerprint density at radius 2 is 1.41 bits per heavy atom. The minimum Gasteiger partial charge on any atom is -0.303 e. The summed E-state index contributed by atoms with van der Waals surface area (Å²) in [5, 5.41) is 0. The van der Waals surface area contributed by atoms with Gasteiger partial charge < -0.3 is 4.79 Å². The van der Waals surface area contributed by atoms with Crippen molar-refractivity contribution in [2.75, 3.05) is 0 Å². The summed E-state index contributed by atoms with van der Waals surface area (Å²) in [4.78, 5) is 10.8. The summed E-state index contributed by atoms with van der Waals surface area (Å²) in [6, 6.07) is 0. The highest BCUT2D eigenvalue weighted by molar-refractivity contribution is 5.53. The van der Waals surface area contributed by atoms with Crippen LogP contribution in [0.5, 0.6) is 0 Å². The Kier molecular flexibility index (Phi) is 8.55. The fourth-order valence-corrected chi connectivity index (χ4v) is 4.99. The predicted molar refractivity (Wildman–Crippen MR) is 95.0 cm³/mol. The third-order valence-electron chi connectivity index (χ3n) is 6.40. The third-order valence-corrected chi connectivity index (χ3v) is 6.40.